The molecule has 0 amide bonds. The van der Waals surface area contributed by atoms with Crippen LogP contribution in [0.2, 0.25) is 0 Å². The highest BCUT2D eigenvalue weighted by Gasteiger charge is 2.18. The van der Waals surface area contributed by atoms with Crippen LogP contribution in [0, 0.1) is 11.6 Å². The van der Waals surface area contributed by atoms with E-state index in [-0.39, 0.29) is 5.56 Å². The van der Waals surface area contributed by atoms with Crippen LogP contribution in [0.25, 0.3) is 0 Å². The van der Waals surface area contributed by atoms with Crippen molar-refractivity contribution in [3.8, 4) is 5.75 Å². The van der Waals surface area contributed by atoms with Crippen molar-refractivity contribution in [1.29, 1.82) is 0 Å². The van der Waals surface area contributed by atoms with Crippen LogP contribution in [0.1, 0.15) is 27.6 Å². The third kappa shape index (κ3) is 3.51. The van der Waals surface area contributed by atoms with E-state index >= 15 is 0 Å². The van der Waals surface area contributed by atoms with Crippen LogP contribution < -0.4 is 4.74 Å². The summed E-state index contributed by atoms with van der Waals surface area (Å²) in [6.07, 6.45) is -0.170. The summed E-state index contributed by atoms with van der Waals surface area (Å²) >= 11 is 0. The molecule has 0 aliphatic carbocycles. The summed E-state index contributed by atoms with van der Waals surface area (Å²) in [5.74, 6) is -2.15. The summed E-state index contributed by atoms with van der Waals surface area (Å²) in [7, 11) is 0. The van der Waals surface area contributed by atoms with Gasteiger partial charge in [-0.2, -0.15) is 0 Å². The molecule has 2 aromatic rings. The number of carbonyl (C=O) groups excluding carboxylic acids is 2. The Morgan fingerprint density at radius 1 is 1.10 bits per heavy atom. The number of halogens is 2. The smallest absolute Gasteiger partial charge is 0.203 e. The number of carbonyl (C=O) groups is 2. The first-order valence-corrected chi connectivity index (χ1v) is 6.22. The molecule has 1 unspecified atom stereocenters. The van der Waals surface area contributed by atoms with Gasteiger partial charge >= 0.3 is 0 Å². The zero-order valence-electron chi connectivity index (χ0n) is 11.2. The van der Waals surface area contributed by atoms with Gasteiger partial charge in [-0.3, -0.25) is 9.59 Å². The zero-order chi connectivity index (χ0) is 15.4. The van der Waals surface area contributed by atoms with Gasteiger partial charge in [0.1, 0.15) is 12.0 Å². The lowest BCUT2D eigenvalue weighted by Gasteiger charge is -2.14. The number of aldehydes is 1. The summed E-state index contributed by atoms with van der Waals surface area (Å²) in [5, 5.41) is 0. The molecule has 1 atom stereocenters. The standard InChI is InChI=1S/C16H12F2O3/c1-10(21-13-5-2-11(9-19)3-6-13)16(20)12-4-7-14(17)15(18)8-12/h2-10H,1H3. The van der Waals surface area contributed by atoms with Gasteiger partial charge in [0.25, 0.3) is 0 Å². The molecule has 0 aromatic heterocycles. The van der Waals surface area contributed by atoms with Gasteiger partial charge < -0.3 is 4.74 Å². The number of rotatable bonds is 5. The molecule has 2 aromatic carbocycles. The van der Waals surface area contributed by atoms with Gasteiger partial charge in [-0.25, -0.2) is 8.78 Å². The van der Waals surface area contributed by atoms with Gasteiger partial charge in [0, 0.05) is 11.1 Å². The van der Waals surface area contributed by atoms with Gasteiger partial charge in [-0.05, 0) is 49.4 Å². The molecule has 0 saturated heterocycles. The fraction of sp³-hybridized carbons (Fsp3) is 0.125. The van der Waals surface area contributed by atoms with Crippen LogP contribution in [0.4, 0.5) is 8.78 Å². The van der Waals surface area contributed by atoms with Gasteiger partial charge in [0.15, 0.2) is 17.7 Å². The zero-order valence-corrected chi connectivity index (χ0v) is 11.2. The van der Waals surface area contributed by atoms with Crippen molar-refractivity contribution in [1.82, 2.24) is 0 Å². The van der Waals surface area contributed by atoms with Crippen molar-refractivity contribution in [2.45, 2.75) is 13.0 Å². The van der Waals surface area contributed by atoms with E-state index < -0.39 is 23.5 Å². The van der Waals surface area contributed by atoms with Gasteiger partial charge in [0.2, 0.25) is 5.78 Å². The van der Waals surface area contributed by atoms with Crippen molar-refractivity contribution in [3.05, 3.63) is 65.2 Å². The molecule has 5 heteroatoms. The monoisotopic (exact) mass is 290 g/mol. The average Bonchev–Trinajstić information content (AvgIpc) is 2.50. The topological polar surface area (TPSA) is 43.4 Å². The van der Waals surface area contributed by atoms with Crippen LogP contribution in [0.15, 0.2) is 42.5 Å². The Morgan fingerprint density at radius 3 is 2.33 bits per heavy atom. The Kier molecular flexibility index (Phi) is 4.42. The predicted molar refractivity (Wildman–Crippen MR) is 72.6 cm³/mol. The molecule has 3 nitrogen and oxygen atoms in total. The van der Waals surface area contributed by atoms with Crippen LogP contribution in [0.5, 0.6) is 5.75 Å². The molecule has 0 aliphatic heterocycles. The lowest BCUT2D eigenvalue weighted by molar-refractivity contribution is 0.0817. The summed E-state index contributed by atoms with van der Waals surface area (Å²) < 4.78 is 31.4. The highest BCUT2D eigenvalue weighted by molar-refractivity contribution is 5.99. The van der Waals surface area contributed by atoms with Crippen molar-refractivity contribution < 1.29 is 23.1 Å². The van der Waals surface area contributed by atoms with E-state index in [4.69, 9.17) is 4.74 Å². The first-order valence-electron chi connectivity index (χ1n) is 6.22. The van der Waals surface area contributed by atoms with Crippen molar-refractivity contribution in [2.24, 2.45) is 0 Å². The van der Waals surface area contributed by atoms with E-state index in [1.165, 1.54) is 13.0 Å². The minimum atomic E-state index is -1.08. The third-order valence-corrected chi connectivity index (χ3v) is 2.90. The summed E-state index contributed by atoms with van der Waals surface area (Å²) in [6.45, 7) is 1.51. The summed E-state index contributed by atoms with van der Waals surface area (Å²) in [5.41, 5.74) is 0.521. The molecular weight excluding hydrogens is 278 g/mol. The molecule has 0 heterocycles. The highest BCUT2D eigenvalue weighted by Crippen LogP contribution is 2.16. The van der Waals surface area contributed by atoms with Crippen LogP contribution in [0.3, 0.4) is 0 Å². The van der Waals surface area contributed by atoms with Crippen LogP contribution >= 0.6 is 0 Å². The predicted octanol–water partition coefficient (Wildman–Crippen LogP) is 3.43. The second-order valence-electron chi connectivity index (χ2n) is 4.44. The van der Waals surface area contributed by atoms with Crippen LogP contribution in [-0.2, 0) is 0 Å². The maximum Gasteiger partial charge on any atom is 0.203 e. The summed E-state index contributed by atoms with van der Waals surface area (Å²) in [6, 6.07) is 9.16. The van der Waals surface area contributed by atoms with Gasteiger partial charge in [0.05, 0.1) is 0 Å². The largest absolute Gasteiger partial charge is 0.483 e. The number of hydrogen-bond acceptors (Lipinski definition) is 3. The first kappa shape index (κ1) is 14.8. The Hall–Kier alpha value is -2.56. The average molecular weight is 290 g/mol. The number of Topliss-reactive ketones (excluding diaryl/α,β-unsaturated/α-hetero) is 1. The first-order chi connectivity index (χ1) is 10.0. The van der Waals surface area contributed by atoms with Crippen LogP contribution in [-0.4, -0.2) is 18.2 Å². The minimum Gasteiger partial charge on any atom is -0.483 e. The SMILES string of the molecule is CC(Oc1ccc(C=O)cc1)C(=O)c1ccc(F)c(F)c1. The van der Waals surface area contributed by atoms with Crippen molar-refractivity contribution >= 4 is 12.1 Å². The number of ether oxygens (including phenoxy) is 1. The highest BCUT2D eigenvalue weighted by atomic mass is 19.2. The van der Waals surface area contributed by atoms with E-state index in [0.29, 0.717) is 17.6 Å². The number of hydrogen-bond donors (Lipinski definition) is 0. The molecule has 0 fully saturated rings. The molecule has 0 radical (unpaired) electrons. The maximum absolute atomic E-state index is 13.1. The third-order valence-electron chi connectivity index (χ3n) is 2.90. The molecule has 0 saturated carbocycles. The Bertz CT molecular complexity index is 666. The number of benzene rings is 2. The van der Waals surface area contributed by atoms with Crippen molar-refractivity contribution in [3.63, 3.8) is 0 Å². The lowest BCUT2D eigenvalue weighted by atomic mass is 10.1. The van der Waals surface area contributed by atoms with E-state index in [2.05, 4.69) is 0 Å². The van der Waals surface area contributed by atoms with Crippen molar-refractivity contribution in [2.75, 3.05) is 0 Å². The maximum atomic E-state index is 13.1. The Labute approximate surface area is 120 Å². The molecule has 0 spiro atoms. The molecular formula is C16H12F2O3. The second-order valence-corrected chi connectivity index (χ2v) is 4.44. The molecule has 0 N–H and O–H groups in total. The molecule has 2 rings (SSSR count). The molecule has 0 bridgehead atoms. The molecule has 21 heavy (non-hydrogen) atoms. The fourth-order valence-corrected chi connectivity index (χ4v) is 1.77. The normalized spacial score (nSPS) is 11.8. The number of ketones is 1. The minimum absolute atomic E-state index is 0.0333. The van der Waals surface area contributed by atoms with Gasteiger partial charge in [-0.15, -0.1) is 0 Å². The van der Waals surface area contributed by atoms with E-state index in [0.717, 1.165) is 12.1 Å². The van der Waals surface area contributed by atoms with Gasteiger partial charge in [-0.1, -0.05) is 0 Å². The fourth-order valence-electron chi connectivity index (χ4n) is 1.77. The Balaban J connectivity index is 2.11. The Morgan fingerprint density at radius 2 is 1.76 bits per heavy atom. The second kappa shape index (κ2) is 6.26. The lowest BCUT2D eigenvalue weighted by Crippen LogP contribution is -2.24. The quantitative estimate of drug-likeness (QED) is 0.626. The van der Waals surface area contributed by atoms with E-state index in [1.807, 2.05) is 0 Å². The van der Waals surface area contributed by atoms with E-state index in [9.17, 15) is 18.4 Å². The molecule has 108 valence electrons. The summed E-state index contributed by atoms with van der Waals surface area (Å²) in [4.78, 5) is 22.6. The molecule has 0 aliphatic rings. The van der Waals surface area contributed by atoms with E-state index in [1.54, 1.807) is 24.3 Å².